The maximum absolute atomic E-state index is 3.98. The van der Waals surface area contributed by atoms with Gasteiger partial charge in [0.15, 0.2) is 0 Å². The van der Waals surface area contributed by atoms with Crippen LogP contribution in [0, 0.1) is 0 Å². The number of hydrogen-bond acceptors (Lipinski definition) is 0. The van der Waals surface area contributed by atoms with Crippen LogP contribution in [0.25, 0.3) is 22.3 Å². The van der Waals surface area contributed by atoms with Crippen LogP contribution in [0.3, 0.4) is 0 Å². The first-order chi connectivity index (χ1) is 26.1. The maximum Gasteiger partial charge on any atom is 0.0215 e. The van der Waals surface area contributed by atoms with Crippen molar-refractivity contribution in [3.05, 3.63) is 81.3 Å². The average Bonchev–Trinajstić information content (AvgIpc) is 3.59. The minimum Gasteiger partial charge on any atom is -0.0654 e. The maximum atomic E-state index is 3.98. The number of benzene rings is 3. The van der Waals surface area contributed by atoms with Gasteiger partial charge in [-0.15, -0.1) is 0 Å². The second-order valence-corrected chi connectivity index (χ2v) is 18.3. The van der Waals surface area contributed by atoms with Crippen molar-refractivity contribution < 1.29 is 0 Å². The predicted octanol–water partition coefficient (Wildman–Crippen LogP) is 18.0. The van der Waals surface area contributed by atoms with Crippen LogP contribution in [-0.2, 0) is 10.8 Å². The molecular formula is C52H77Br. The van der Waals surface area contributed by atoms with E-state index in [4.69, 9.17) is 0 Å². The minimum absolute atomic E-state index is 0.109. The smallest absolute Gasteiger partial charge is 0.0215 e. The van der Waals surface area contributed by atoms with E-state index in [1.54, 1.807) is 38.9 Å². The van der Waals surface area contributed by atoms with Gasteiger partial charge in [-0.2, -0.15) is 0 Å². The molecule has 0 atom stereocenters. The van der Waals surface area contributed by atoms with Crippen LogP contribution in [0.15, 0.2) is 59.1 Å². The topological polar surface area (TPSA) is 0 Å². The Balaban J connectivity index is 1.57. The number of hydrogen-bond donors (Lipinski definition) is 0. The summed E-state index contributed by atoms with van der Waals surface area (Å²) in [5.74, 6) is 0. The van der Waals surface area contributed by atoms with Crippen LogP contribution >= 0.6 is 15.9 Å². The SMILES string of the molecule is CCCCCCCCC1(CCCCCCCC)c2ccccc2-c2cc3c(cc21)-c1ccc(Br)cc1C3(CCCCCCCC)CCCCCCCC. The fourth-order valence-corrected chi connectivity index (χ4v) is 10.9. The third kappa shape index (κ3) is 10.3. The molecular weight excluding hydrogens is 704 g/mol. The van der Waals surface area contributed by atoms with Crippen LogP contribution in [0.5, 0.6) is 0 Å². The Morgan fingerprint density at radius 3 is 1.11 bits per heavy atom. The molecule has 0 saturated carbocycles. The highest BCUT2D eigenvalue weighted by atomic mass is 79.9. The van der Waals surface area contributed by atoms with Gasteiger partial charge in [0.1, 0.15) is 0 Å². The highest BCUT2D eigenvalue weighted by Crippen LogP contribution is 2.61. The molecule has 0 fully saturated rings. The lowest BCUT2D eigenvalue weighted by Gasteiger charge is -2.35. The molecule has 2 aliphatic rings. The van der Waals surface area contributed by atoms with Gasteiger partial charge in [-0.25, -0.2) is 0 Å². The first-order valence-corrected chi connectivity index (χ1v) is 23.9. The fourth-order valence-electron chi connectivity index (χ4n) is 10.6. The van der Waals surface area contributed by atoms with Crippen molar-refractivity contribution in [1.82, 2.24) is 0 Å². The molecule has 0 unspecified atom stereocenters. The number of halogens is 1. The summed E-state index contributed by atoms with van der Waals surface area (Å²) in [4.78, 5) is 0. The van der Waals surface area contributed by atoms with Gasteiger partial charge >= 0.3 is 0 Å². The molecule has 0 aromatic heterocycles. The summed E-state index contributed by atoms with van der Waals surface area (Å²) in [6.07, 6.45) is 37.9. The van der Waals surface area contributed by atoms with E-state index in [0.717, 1.165) is 0 Å². The van der Waals surface area contributed by atoms with Crippen molar-refractivity contribution in [1.29, 1.82) is 0 Å². The summed E-state index contributed by atoms with van der Waals surface area (Å²) in [6, 6.07) is 22.6. The van der Waals surface area contributed by atoms with E-state index in [1.807, 2.05) is 0 Å². The van der Waals surface area contributed by atoms with Gasteiger partial charge in [-0.1, -0.05) is 228 Å². The van der Waals surface area contributed by atoms with Gasteiger partial charge in [-0.3, -0.25) is 0 Å². The van der Waals surface area contributed by atoms with E-state index in [9.17, 15) is 0 Å². The van der Waals surface area contributed by atoms with Gasteiger partial charge in [0.05, 0.1) is 0 Å². The molecule has 3 aromatic carbocycles. The molecule has 0 nitrogen and oxygen atoms in total. The zero-order valence-corrected chi connectivity index (χ0v) is 36.5. The van der Waals surface area contributed by atoms with E-state index >= 15 is 0 Å². The van der Waals surface area contributed by atoms with Crippen molar-refractivity contribution in [3.63, 3.8) is 0 Å². The summed E-state index contributed by atoms with van der Waals surface area (Å²) in [5.41, 5.74) is 13.1. The monoisotopic (exact) mass is 781 g/mol. The summed E-state index contributed by atoms with van der Waals surface area (Å²) >= 11 is 3.98. The predicted molar refractivity (Wildman–Crippen MR) is 239 cm³/mol. The molecule has 0 heterocycles. The molecule has 3 aromatic rings. The molecule has 0 radical (unpaired) electrons. The van der Waals surface area contributed by atoms with Crippen LogP contribution in [0.2, 0.25) is 0 Å². The highest BCUT2D eigenvalue weighted by molar-refractivity contribution is 9.10. The van der Waals surface area contributed by atoms with Crippen molar-refractivity contribution in [3.8, 4) is 22.3 Å². The van der Waals surface area contributed by atoms with E-state index in [1.165, 1.54) is 190 Å². The van der Waals surface area contributed by atoms with Gasteiger partial charge in [0.25, 0.3) is 0 Å². The summed E-state index contributed by atoms with van der Waals surface area (Å²) in [7, 11) is 0. The van der Waals surface area contributed by atoms with Gasteiger partial charge in [-0.05, 0) is 94.5 Å². The molecule has 0 spiro atoms. The van der Waals surface area contributed by atoms with Crippen LogP contribution in [0.4, 0.5) is 0 Å². The van der Waals surface area contributed by atoms with E-state index in [0.29, 0.717) is 0 Å². The summed E-state index contributed by atoms with van der Waals surface area (Å²) < 4.78 is 1.25. The molecule has 5 rings (SSSR count). The van der Waals surface area contributed by atoms with Crippen molar-refractivity contribution in [2.45, 2.75) is 218 Å². The van der Waals surface area contributed by atoms with Gasteiger partial charge in [0.2, 0.25) is 0 Å². The van der Waals surface area contributed by atoms with E-state index in [-0.39, 0.29) is 10.8 Å². The first-order valence-electron chi connectivity index (χ1n) is 23.2. The van der Waals surface area contributed by atoms with E-state index < -0.39 is 0 Å². The fraction of sp³-hybridized carbons (Fsp3) is 0.654. The van der Waals surface area contributed by atoms with Crippen LogP contribution in [-0.4, -0.2) is 0 Å². The number of rotatable bonds is 28. The second-order valence-electron chi connectivity index (χ2n) is 17.4. The summed E-state index contributed by atoms with van der Waals surface area (Å²) in [6.45, 7) is 9.36. The third-order valence-electron chi connectivity index (χ3n) is 13.5. The van der Waals surface area contributed by atoms with Crippen molar-refractivity contribution in [2.24, 2.45) is 0 Å². The minimum atomic E-state index is 0.109. The van der Waals surface area contributed by atoms with E-state index in [2.05, 4.69) is 98.2 Å². The molecule has 2 aliphatic carbocycles. The Kier molecular flexibility index (Phi) is 17.6. The van der Waals surface area contributed by atoms with Gasteiger partial charge in [0, 0.05) is 15.3 Å². The standard InChI is InChI=1S/C52H77Br/c1-5-9-13-17-21-27-35-51(36-28-22-18-14-10-6-2)47-32-26-25-31-43(47)45-40-50-46(41-49(45)51)44-34-33-42(53)39-48(44)52(50,37-29-23-19-15-11-7-3)38-30-24-20-16-12-8-4/h25-26,31-34,39-41H,5-24,27-30,35-38H2,1-4H3. The third-order valence-corrected chi connectivity index (χ3v) is 14.0. The molecule has 0 N–H and O–H groups in total. The Labute approximate surface area is 336 Å². The van der Waals surface area contributed by atoms with Crippen molar-refractivity contribution in [2.75, 3.05) is 0 Å². The van der Waals surface area contributed by atoms with Crippen molar-refractivity contribution >= 4 is 15.9 Å². The average molecular weight is 782 g/mol. The quantitative estimate of drug-likeness (QED) is 0.0644. The number of fused-ring (bicyclic) bond motifs is 6. The molecule has 53 heavy (non-hydrogen) atoms. The Morgan fingerprint density at radius 2 is 0.679 bits per heavy atom. The Bertz CT molecular complexity index is 1480. The molecule has 292 valence electrons. The molecule has 0 amide bonds. The molecule has 0 bridgehead atoms. The number of unbranched alkanes of at least 4 members (excludes halogenated alkanes) is 20. The molecule has 0 saturated heterocycles. The lowest BCUT2D eigenvalue weighted by molar-refractivity contribution is 0.394. The first kappa shape index (κ1) is 42.3. The molecule has 1 heteroatoms. The highest BCUT2D eigenvalue weighted by Gasteiger charge is 2.47. The Morgan fingerprint density at radius 1 is 0.340 bits per heavy atom. The van der Waals surface area contributed by atoms with Crippen LogP contribution in [0.1, 0.15) is 230 Å². The Hall–Kier alpha value is -1.86. The van der Waals surface area contributed by atoms with Crippen LogP contribution < -0.4 is 0 Å². The largest absolute Gasteiger partial charge is 0.0654 e. The lowest BCUT2D eigenvalue weighted by atomic mass is 9.68. The zero-order chi connectivity index (χ0) is 37.4. The second kappa shape index (κ2) is 22.0. The lowest BCUT2D eigenvalue weighted by Crippen LogP contribution is -2.27. The zero-order valence-electron chi connectivity index (χ0n) is 34.9. The van der Waals surface area contributed by atoms with Gasteiger partial charge < -0.3 is 0 Å². The molecule has 0 aliphatic heterocycles. The normalized spacial score (nSPS) is 14.7. The summed E-state index contributed by atoms with van der Waals surface area (Å²) in [5, 5.41) is 0.